The SMILES string of the molecule is Cc1ccc([S@](=O)C[C@](C#N)(NC(=O)OCc2ccccc2)C(F)F)cc1. The number of carbonyl (C=O) groups excluding carboxylic acids is 1. The summed E-state index contributed by atoms with van der Waals surface area (Å²) in [6, 6.07) is 16.5. The molecule has 0 aliphatic carbocycles. The molecule has 0 aliphatic rings. The van der Waals surface area contributed by atoms with E-state index in [9.17, 15) is 23.0 Å². The Morgan fingerprint density at radius 2 is 1.85 bits per heavy atom. The first-order valence-corrected chi connectivity index (χ1v) is 9.31. The average molecular weight is 392 g/mol. The molecule has 2 rings (SSSR count). The molecule has 27 heavy (non-hydrogen) atoms. The van der Waals surface area contributed by atoms with Gasteiger partial charge in [0.2, 0.25) is 5.54 Å². The molecule has 0 aromatic heterocycles. The zero-order valence-electron chi connectivity index (χ0n) is 14.5. The van der Waals surface area contributed by atoms with Gasteiger partial charge in [-0.25, -0.2) is 13.6 Å². The summed E-state index contributed by atoms with van der Waals surface area (Å²) in [6.45, 7) is 1.69. The van der Waals surface area contributed by atoms with Crippen molar-refractivity contribution in [3.63, 3.8) is 0 Å². The molecule has 1 amide bonds. The molecule has 0 saturated heterocycles. The van der Waals surface area contributed by atoms with Crippen LogP contribution in [-0.4, -0.2) is 28.0 Å². The van der Waals surface area contributed by atoms with Crippen molar-refractivity contribution in [2.24, 2.45) is 0 Å². The van der Waals surface area contributed by atoms with Crippen molar-refractivity contribution in [2.75, 3.05) is 5.75 Å². The van der Waals surface area contributed by atoms with Crippen LogP contribution in [0, 0.1) is 18.3 Å². The summed E-state index contributed by atoms with van der Waals surface area (Å²) in [6.07, 6.45) is -4.43. The Kier molecular flexibility index (Phi) is 7.02. The van der Waals surface area contributed by atoms with Crippen molar-refractivity contribution in [3.05, 3.63) is 65.7 Å². The fourth-order valence-electron chi connectivity index (χ4n) is 2.18. The van der Waals surface area contributed by atoms with Crippen LogP contribution < -0.4 is 5.32 Å². The first-order chi connectivity index (χ1) is 12.9. The van der Waals surface area contributed by atoms with Gasteiger partial charge in [-0.15, -0.1) is 0 Å². The minimum absolute atomic E-state index is 0.140. The van der Waals surface area contributed by atoms with Gasteiger partial charge in [-0.3, -0.25) is 9.53 Å². The van der Waals surface area contributed by atoms with Crippen LogP contribution in [0.2, 0.25) is 0 Å². The number of amides is 1. The van der Waals surface area contributed by atoms with Crippen LogP contribution in [-0.2, 0) is 22.1 Å². The van der Waals surface area contributed by atoms with Crippen LogP contribution in [0.15, 0.2) is 59.5 Å². The molecule has 8 heteroatoms. The topological polar surface area (TPSA) is 79.2 Å². The van der Waals surface area contributed by atoms with E-state index in [4.69, 9.17) is 4.74 Å². The number of benzene rings is 2. The highest BCUT2D eigenvalue weighted by atomic mass is 32.2. The number of nitriles is 1. The van der Waals surface area contributed by atoms with E-state index in [0.717, 1.165) is 5.56 Å². The Morgan fingerprint density at radius 1 is 1.22 bits per heavy atom. The second-order valence-electron chi connectivity index (χ2n) is 5.87. The molecular weight excluding hydrogens is 374 g/mol. The highest BCUT2D eigenvalue weighted by Gasteiger charge is 2.44. The molecular formula is C19H18F2N2O3S. The smallest absolute Gasteiger partial charge is 0.408 e. The lowest BCUT2D eigenvalue weighted by molar-refractivity contribution is 0.0628. The summed E-state index contributed by atoms with van der Waals surface area (Å²) in [5.41, 5.74) is -1.04. The van der Waals surface area contributed by atoms with Crippen LogP contribution in [0.25, 0.3) is 0 Å². The second kappa shape index (κ2) is 9.24. The maximum atomic E-state index is 13.6. The lowest BCUT2D eigenvalue weighted by Crippen LogP contribution is -2.56. The number of rotatable bonds is 7. The molecule has 142 valence electrons. The molecule has 5 nitrogen and oxygen atoms in total. The van der Waals surface area contributed by atoms with E-state index in [1.54, 1.807) is 42.5 Å². The second-order valence-corrected chi connectivity index (χ2v) is 7.32. The number of alkyl halides is 2. The first-order valence-electron chi connectivity index (χ1n) is 7.99. The van der Waals surface area contributed by atoms with Crippen molar-refractivity contribution in [1.29, 1.82) is 5.26 Å². The molecule has 0 radical (unpaired) electrons. The molecule has 0 bridgehead atoms. The van der Waals surface area contributed by atoms with Gasteiger partial charge in [0.25, 0.3) is 6.43 Å². The number of alkyl carbamates (subject to hydrolysis) is 1. The number of halogens is 2. The monoisotopic (exact) mass is 392 g/mol. The Morgan fingerprint density at radius 3 is 2.41 bits per heavy atom. The Balaban J connectivity index is 2.08. The van der Waals surface area contributed by atoms with Crippen molar-refractivity contribution in [2.45, 2.75) is 30.4 Å². The highest BCUT2D eigenvalue weighted by Crippen LogP contribution is 2.21. The summed E-state index contributed by atoms with van der Waals surface area (Å²) in [7, 11) is -1.91. The molecule has 0 saturated carbocycles. The molecule has 0 aliphatic heterocycles. The van der Waals surface area contributed by atoms with E-state index in [1.807, 2.05) is 12.2 Å². The number of nitrogens with zero attached hydrogens (tertiary/aromatic N) is 1. The van der Waals surface area contributed by atoms with Crippen LogP contribution in [0.4, 0.5) is 13.6 Å². The Bertz CT molecular complexity index is 838. The van der Waals surface area contributed by atoms with E-state index >= 15 is 0 Å². The third kappa shape index (κ3) is 5.59. The van der Waals surface area contributed by atoms with Crippen LogP contribution >= 0.6 is 0 Å². The Hall–Kier alpha value is -2.79. The average Bonchev–Trinajstić information content (AvgIpc) is 2.67. The number of hydrogen-bond donors (Lipinski definition) is 1. The lowest BCUT2D eigenvalue weighted by atomic mass is 10.1. The van der Waals surface area contributed by atoms with E-state index in [-0.39, 0.29) is 6.61 Å². The van der Waals surface area contributed by atoms with Crippen LogP contribution in [0.5, 0.6) is 0 Å². The fourth-order valence-corrected chi connectivity index (χ4v) is 3.47. The zero-order chi connectivity index (χ0) is 19.9. The van der Waals surface area contributed by atoms with Gasteiger partial charge in [0.15, 0.2) is 0 Å². The predicted molar refractivity (Wildman–Crippen MR) is 96.6 cm³/mol. The van der Waals surface area contributed by atoms with Crippen molar-refractivity contribution < 1.29 is 22.5 Å². The fraction of sp³-hybridized carbons (Fsp3) is 0.263. The van der Waals surface area contributed by atoms with Crippen molar-refractivity contribution >= 4 is 16.9 Å². The molecule has 0 spiro atoms. The summed E-state index contributed by atoms with van der Waals surface area (Å²) in [5, 5.41) is 11.2. The van der Waals surface area contributed by atoms with Gasteiger partial charge in [0.1, 0.15) is 6.61 Å². The molecule has 2 aromatic carbocycles. The van der Waals surface area contributed by atoms with E-state index in [0.29, 0.717) is 10.5 Å². The zero-order valence-corrected chi connectivity index (χ0v) is 15.3. The molecule has 1 N–H and O–H groups in total. The predicted octanol–water partition coefficient (Wildman–Crippen LogP) is 3.56. The number of nitrogens with one attached hydrogen (secondary N) is 1. The third-order valence-electron chi connectivity index (χ3n) is 3.75. The van der Waals surface area contributed by atoms with E-state index < -0.39 is 34.6 Å². The third-order valence-corrected chi connectivity index (χ3v) is 5.27. The van der Waals surface area contributed by atoms with Gasteiger partial charge in [0, 0.05) is 4.90 Å². The quantitative estimate of drug-likeness (QED) is 0.781. The normalized spacial score (nSPS) is 14.0. The summed E-state index contributed by atoms with van der Waals surface area (Å²) < 4.78 is 44.5. The highest BCUT2D eigenvalue weighted by molar-refractivity contribution is 7.85. The largest absolute Gasteiger partial charge is 0.445 e. The lowest BCUT2D eigenvalue weighted by Gasteiger charge is -2.26. The van der Waals surface area contributed by atoms with Gasteiger partial charge in [0.05, 0.1) is 22.6 Å². The van der Waals surface area contributed by atoms with E-state index in [1.165, 1.54) is 18.2 Å². The van der Waals surface area contributed by atoms with Gasteiger partial charge < -0.3 is 4.74 Å². The minimum Gasteiger partial charge on any atom is -0.445 e. The summed E-state index contributed by atoms with van der Waals surface area (Å²) in [4.78, 5) is 12.2. The Labute approximate surface area is 158 Å². The number of aryl methyl sites for hydroxylation is 1. The van der Waals surface area contributed by atoms with Gasteiger partial charge >= 0.3 is 6.09 Å². The van der Waals surface area contributed by atoms with Gasteiger partial charge in [-0.1, -0.05) is 48.0 Å². The minimum atomic E-state index is -3.25. The number of hydrogen-bond acceptors (Lipinski definition) is 4. The van der Waals surface area contributed by atoms with Gasteiger partial charge in [-0.2, -0.15) is 5.26 Å². The van der Waals surface area contributed by atoms with Crippen molar-refractivity contribution in [1.82, 2.24) is 5.32 Å². The van der Waals surface area contributed by atoms with Crippen LogP contribution in [0.3, 0.4) is 0 Å². The molecule has 0 fully saturated rings. The summed E-state index contributed by atoms with van der Waals surface area (Å²) in [5.74, 6) is -0.759. The molecule has 0 unspecified atom stereocenters. The van der Waals surface area contributed by atoms with E-state index in [2.05, 4.69) is 0 Å². The maximum absolute atomic E-state index is 13.6. The van der Waals surface area contributed by atoms with Gasteiger partial charge in [-0.05, 0) is 24.6 Å². The molecule has 0 heterocycles. The summed E-state index contributed by atoms with van der Waals surface area (Å²) >= 11 is 0. The number of ether oxygens (including phenoxy) is 1. The standard InChI is InChI=1S/C19H18F2N2O3S/c1-14-7-9-16(10-8-14)27(25)13-19(12-22,17(20)21)23-18(24)26-11-15-5-3-2-4-6-15/h2-10,17H,11,13H2,1H3,(H,23,24)/t19-,27+/m0/s1. The maximum Gasteiger partial charge on any atom is 0.408 e. The number of carbonyl (C=O) groups is 1. The van der Waals surface area contributed by atoms with Crippen LogP contribution in [0.1, 0.15) is 11.1 Å². The molecule has 2 aromatic rings. The first kappa shape index (κ1) is 20.5. The molecule has 2 atom stereocenters. The van der Waals surface area contributed by atoms with Crippen molar-refractivity contribution in [3.8, 4) is 6.07 Å².